The lowest BCUT2D eigenvalue weighted by atomic mass is 10.2. The molecular formula is C11H16N2O4S. The number of carbonyl (C=O) groups excluding carboxylic acids is 2. The summed E-state index contributed by atoms with van der Waals surface area (Å²) in [4.78, 5) is 23.1. The molecule has 1 rings (SSSR count). The van der Waals surface area contributed by atoms with Crippen LogP contribution in [0.25, 0.3) is 0 Å². The second-order valence-corrected chi connectivity index (χ2v) is 5.15. The molecule has 0 atom stereocenters. The van der Waals surface area contributed by atoms with Gasteiger partial charge in [-0.1, -0.05) is 0 Å². The maximum absolute atomic E-state index is 11.8. The Bertz CT molecular complexity index is 436. The van der Waals surface area contributed by atoms with E-state index in [-0.39, 0.29) is 18.2 Å². The minimum absolute atomic E-state index is 0.149. The van der Waals surface area contributed by atoms with Crippen LogP contribution in [0.3, 0.4) is 0 Å². The van der Waals surface area contributed by atoms with Crippen molar-refractivity contribution in [2.24, 2.45) is 0 Å². The van der Waals surface area contributed by atoms with Crippen molar-refractivity contribution in [2.45, 2.75) is 26.4 Å². The van der Waals surface area contributed by atoms with E-state index in [0.29, 0.717) is 5.56 Å². The Morgan fingerprint density at radius 2 is 2.11 bits per heavy atom. The van der Waals surface area contributed by atoms with Crippen molar-refractivity contribution in [3.63, 3.8) is 0 Å². The Balaban J connectivity index is 2.49. The molecule has 6 nitrogen and oxygen atoms in total. The minimum atomic E-state index is -0.627. The first-order valence-electron chi connectivity index (χ1n) is 5.32. The monoisotopic (exact) mass is 272 g/mol. The number of ether oxygens (including phenoxy) is 2. The number of ketones is 1. The van der Waals surface area contributed by atoms with Crippen LogP contribution in [-0.2, 0) is 4.74 Å². The largest absolute Gasteiger partial charge is 0.480 e. The molecule has 1 amide bonds. The van der Waals surface area contributed by atoms with Gasteiger partial charge in [-0.15, -0.1) is 0 Å². The molecule has 0 saturated heterocycles. The molecule has 0 aliphatic heterocycles. The van der Waals surface area contributed by atoms with Gasteiger partial charge in [0.15, 0.2) is 5.78 Å². The molecule has 0 radical (unpaired) electrons. The number of rotatable bonds is 4. The van der Waals surface area contributed by atoms with Crippen LogP contribution in [0, 0.1) is 0 Å². The summed E-state index contributed by atoms with van der Waals surface area (Å²) in [5, 5.41) is 3.97. The number of nitrogens with one attached hydrogen (secondary N) is 1. The molecule has 0 spiro atoms. The van der Waals surface area contributed by atoms with Crippen LogP contribution in [0.5, 0.6) is 5.88 Å². The van der Waals surface area contributed by atoms with Crippen molar-refractivity contribution in [3.8, 4) is 5.88 Å². The van der Waals surface area contributed by atoms with E-state index in [0.717, 1.165) is 11.5 Å². The first-order chi connectivity index (χ1) is 8.33. The summed E-state index contributed by atoms with van der Waals surface area (Å²) in [6.45, 7) is 5.10. The maximum atomic E-state index is 11.8. The van der Waals surface area contributed by atoms with E-state index in [1.807, 2.05) is 0 Å². The van der Waals surface area contributed by atoms with E-state index in [2.05, 4.69) is 9.69 Å². The van der Waals surface area contributed by atoms with Gasteiger partial charge in [0.1, 0.15) is 5.60 Å². The van der Waals surface area contributed by atoms with Crippen molar-refractivity contribution < 1.29 is 19.1 Å². The predicted octanol–water partition coefficient (Wildman–Crippen LogP) is 1.86. The summed E-state index contributed by atoms with van der Waals surface area (Å²) in [6.07, 6.45) is -0.627. The normalized spacial score (nSPS) is 10.9. The summed E-state index contributed by atoms with van der Waals surface area (Å²) < 4.78 is 13.8. The molecule has 0 bridgehead atoms. The van der Waals surface area contributed by atoms with E-state index in [9.17, 15) is 9.59 Å². The highest BCUT2D eigenvalue weighted by Crippen LogP contribution is 2.18. The topological polar surface area (TPSA) is 77.5 Å². The van der Waals surface area contributed by atoms with Crippen molar-refractivity contribution in [3.05, 3.63) is 10.9 Å². The van der Waals surface area contributed by atoms with Gasteiger partial charge in [-0.05, 0) is 32.3 Å². The van der Waals surface area contributed by atoms with Crippen LogP contribution < -0.4 is 10.1 Å². The Labute approximate surface area is 109 Å². The average molecular weight is 272 g/mol. The highest BCUT2D eigenvalue weighted by atomic mass is 32.1. The van der Waals surface area contributed by atoms with Crippen molar-refractivity contribution in [1.29, 1.82) is 0 Å². The molecule has 0 aromatic carbocycles. The second-order valence-electron chi connectivity index (χ2n) is 4.52. The van der Waals surface area contributed by atoms with Gasteiger partial charge in [-0.25, -0.2) is 4.79 Å². The Morgan fingerprint density at radius 3 is 2.67 bits per heavy atom. The fourth-order valence-corrected chi connectivity index (χ4v) is 1.78. The molecule has 0 fully saturated rings. The molecule has 18 heavy (non-hydrogen) atoms. The number of hydrogen-bond donors (Lipinski definition) is 1. The zero-order valence-electron chi connectivity index (χ0n) is 10.8. The summed E-state index contributed by atoms with van der Waals surface area (Å²) in [5.74, 6) is 0.00227. The lowest BCUT2D eigenvalue weighted by molar-refractivity contribution is 0.0520. The first-order valence-corrected chi connectivity index (χ1v) is 6.15. The number of hydrogen-bond acceptors (Lipinski definition) is 6. The number of amides is 1. The van der Waals surface area contributed by atoms with E-state index in [4.69, 9.17) is 9.47 Å². The zero-order chi connectivity index (χ0) is 13.8. The third kappa shape index (κ3) is 4.33. The lowest BCUT2D eigenvalue weighted by Gasteiger charge is -2.19. The van der Waals surface area contributed by atoms with Gasteiger partial charge in [-0.3, -0.25) is 4.79 Å². The van der Waals surface area contributed by atoms with E-state index in [1.54, 1.807) is 26.2 Å². The molecule has 1 heterocycles. The SMILES string of the molecule is COc1nscc1C(=O)CNC(=O)OC(C)(C)C. The van der Waals surface area contributed by atoms with Crippen LogP contribution in [0.4, 0.5) is 4.79 Å². The first kappa shape index (κ1) is 14.4. The van der Waals surface area contributed by atoms with Gasteiger partial charge >= 0.3 is 6.09 Å². The second kappa shape index (κ2) is 5.81. The molecule has 1 aromatic heterocycles. The highest BCUT2D eigenvalue weighted by molar-refractivity contribution is 7.04. The molecule has 1 aromatic rings. The summed E-state index contributed by atoms with van der Waals surface area (Å²) in [6, 6.07) is 0. The maximum Gasteiger partial charge on any atom is 0.408 e. The van der Waals surface area contributed by atoms with E-state index in [1.165, 1.54) is 7.11 Å². The highest BCUT2D eigenvalue weighted by Gasteiger charge is 2.19. The van der Waals surface area contributed by atoms with Crippen LogP contribution in [0.2, 0.25) is 0 Å². The number of nitrogens with zero attached hydrogens (tertiary/aromatic N) is 1. The molecule has 100 valence electrons. The number of methoxy groups -OCH3 is 1. The zero-order valence-corrected chi connectivity index (χ0v) is 11.6. The van der Waals surface area contributed by atoms with Gasteiger partial charge in [0.25, 0.3) is 0 Å². The van der Waals surface area contributed by atoms with Gasteiger partial charge in [0, 0.05) is 5.38 Å². The molecule has 0 unspecified atom stereocenters. The van der Waals surface area contributed by atoms with Gasteiger partial charge < -0.3 is 14.8 Å². The Hall–Kier alpha value is -1.63. The van der Waals surface area contributed by atoms with Crippen molar-refractivity contribution >= 4 is 23.4 Å². The number of carbonyl (C=O) groups is 2. The number of aromatic nitrogens is 1. The fourth-order valence-electron chi connectivity index (χ4n) is 1.12. The quantitative estimate of drug-likeness (QED) is 0.846. The van der Waals surface area contributed by atoms with Crippen molar-refractivity contribution in [1.82, 2.24) is 9.69 Å². The molecule has 0 saturated carbocycles. The molecule has 1 N–H and O–H groups in total. The Morgan fingerprint density at radius 1 is 1.44 bits per heavy atom. The van der Waals surface area contributed by atoms with E-state index < -0.39 is 11.7 Å². The predicted molar refractivity (Wildman–Crippen MR) is 67.2 cm³/mol. The molecule has 7 heteroatoms. The van der Waals surface area contributed by atoms with Crippen LogP contribution in [0.1, 0.15) is 31.1 Å². The van der Waals surface area contributed by atoms with Crippen molar-refractivity contribution in [2.75, 3.05) is 13.7 Å². The van der Waals surface area contributed by atoms with Gasteiger partial charge in [0.2, 0.25) is 5.88 Å². The average Bonchev–Trinajstić information content (AvgIpc) is 2.71. The van der Waals surface area contributed by atoms with Crippen LogP contribution in [-0.4, -0.2) is 35.5 Å². The number of alkyl carbamates (subject to hydrolysis) is 1. The van der Waals surface area contributed by atoms with Gasteiger partial charge in [-0.2, -0.15) is 4.37 Å². The van der Waals surface area contributed by atoms with Crippen LogP contribution >= 0.6 is 11.5 Å². The smallest absolute Gasteiger partial charge is 0.408 e. The summed E-state index contributed by atoms with van der Waals surface area (Å²) >= 11 is 1.12. The molecule has 0 aliphatic carbocycles. The molecule has 0 aliphatic rings. The minimum Gasteiger partial charge on any atom is -0.480 e. The third-order valence-corrected chi connectivity index (χ3v) is 2.43. The molecular weight excluding hydrogens is 256 g/mol. The summed E-state index contributed by atoms with van der Waals surface area (Å²) in [7, 11) is 1.44. The summed E-state index contributed by atoms with van der Waals surface area (Å²) in [5.41, 5.74) is -0.229. The third-order valence-electron chi connectivity index (χ3n) is 1.82. The number of Topliss-reactive ketones (excluding diaryl/α,β-unsaturated/α-hetero) is 1. The van der Waals surface area contributed by atoms with Gasteiger partial charge in [0.05, 0.1) is 19.2 Å². The lowest BCUT2D eigenvalue weighted by Crippen LogP contribution is -2.35. The van der Waals surface area contributed by atoms with E-state index >= 15 is 0 Å². The standard InChI is InChI=1S/C11H16N2O4S/c1-11(2,3)17-10(15)12-5-8(14)7-6-18-13-9(7)16-4/h6H,5H2,1-4H3,(H,12,15). The Kier molecular flexibility index (Phi) is 4.66. The van der Waals surface area contributed by atoms with Crippen LogP contribution in [0.15, 0.2) is 5.38 Å². The fraction of sp³-hybridized carbons (Fsp3) is 0.545.